The smallest absolute Gasteiger partial charge is 0.241 e. The zero-order valence-electron chi connectivity index (χ0n) is 12.6. The zero-order valence-corrected chi connectivity index (χ0v) is 14.2. The van der Waals surface area contributed by atoms with Crippen molar-refractivity contribution in [3.63, 3.8) is 0 Å². The van der Waals surface area contributed by atoms with E-state index in [1.807, 2.05) is 12.3 Å². The van der Waals surface area contributed by atoms with Crippen molar-refractivity contribution in [2.45, 2.75) is 44.2 Å². The van der Waals surface area contributed by atoms with Crippen LogP contribution in [-0.2, 0) is 21.3 Å². The molecular formula is C14H24N2O3S2. The van der Waals surface area contributed by atoms with Crippen LogP contribution >= 0.6 is 11.3 Å². The van der Waals surface area contributed by atoms with E-state index < -0.39 is 10.0 Å². The molecular weight excluding hydrogens is 308 g/mol. The third-order valence-corrected chi connectivity index (χ3v) is 6.37. The number of thiophene rings is 1. The van der Waals surface area contributed by atoms with Gasteiger partial charge in [-0.3, -0.25) is 0 Å². The van der Waals surface area contributed by atoms with E-state index in [0.717, 1.165) is 30.9 Å². The Morgan fingerprint density at radius 2 is 2.24 bits per heavy atom. The SMILES string of the molecule is CCNCc1sccc1S(=O)(=O)NCC1CCOC1CC. The number of hydrogen-bond acceptors (Lipinski definition) is 5. The fourth-order valence-electron chi connectivity index (χ4n) is 2.61. The standard InChI is InChI=1S/C14H24N2O3S2/c1-3-12-11(5-7-19-12)9-16-21(17,18)14-6-8-20-13(14)10-15-4-2/h6,8,11-12,15-16H,3-5,7,9-10H2,1-2H3. The van der Waals surface area contributed by atoms with E-state index in [1.165, 1.54) is 11.3 Å². The molecule has 0 aromatic carbocycles. The van der Waals surface area contributed by atoms with Crippen LogP contribution in [-0.4, -0.2) is 34.2 Å². The van der Waals surface area contributed by atoms with Crippen molar-refractivity contribution in [1.29, 1.82) is 0 Å². The van der Waals surface area contributed by atoms with E-state index in [0.29, 0.717) is 18.0 Å². The first-order valence-corrected chi connectivity index (χ1v) is 9.83. The summed E-state index contributed by atoms with van der Waals surface area (Å²) in [6.45, 7) is 6.68. The molecule has 2 heterocycles. The second-order valence-corrected chi connectivity index (χ2v) is 7.94. The summed E-state index contributed by atoms with van der Waals surface area (Å²) in [7, 11) is -3.43. The zero-order chi connectivity index (χ0) is 15.3. The molecule has 120 valence electrons. The summed E-state index contributed by atoms with van der Waals surface area (Å²) in [5.74, 6) is 0.278. The van der Waals surface area contributed by atoms with Crippen LogP contribution < -0.4 is 10.0 Å². The number of sulfonamides is 1. The van der Waals surface area contributed by atoms with Crippen LogP contribution in [0.1, 0.15) is 31.6 Å². The summed E-state index contributed by atoms with van der Waals surface area (Å²) in [6.07, 6.45) is 2.03. The number of rotatable bonds is 8. The lowest BCUT2D eigenvalue weighted by Crippen LogP contribution is -2.33. The summed E-state index contributed by atoms with van der Waals surface area (Å²) in [6, 6.07) is 1.68. The van der Waals surface area contributed by atoms with Crippen molar-refractivity contribution in [3.8, 4) is 0 Å². The molecule has 0 amide bonds. The van der Waals surface area contributed by atoms with Gasteiger partial charge in [-0.05, 0) is 30.8 Å². The third kappa shape index (κ3) is 4.26. The molecule has 1 aliphatic rings. The Morgan fingerprint density at radius 1 is 1.43 bits per heavy atom. The number of hydrogen-bond donors (Lipinski definition) is 2. The summed E-state index contributed by atoms with van der Waals surface area (Å²) in [5.41, 5.74) is 0. The maximum Gasteiger partial charge on any atom is 0.241 e. The Balaban J connectivity index is 2.00. The molecule has 1 aromatic rings. The van der Waals surface area contributed by atoms with Gasteiger partial charge in [0.1, 0.15) is 0 Å². The molecule has 0 aliphatic carbocycles. The van der Waals surface area contributed by atoms with Gasteiger partial charge in [-0.25, -0.2) is 13.1 Å². The Morgan fingerprint density at radius 3 is 2.95 bits per heavy atom. The molecule has 2 N–H and O–H groups in total. The molecule has 2 atom stereocenters. The van der Waals surface area contributed by atoms with Crippen LogP contribution in [0.2, 0.25) is 0 Å². The summed E-state index contributed by atoms with van der Waals surface area (Å²) in [5, 5.41) is 5.00. The van der Waals surface area contributed by atoms with E-state index in [1.54, 1.807) is 6.07 Å². The Labute approximate surface area is 131 Å². The van der Waals surface area contributed by atoms with Gasteiger partial charge in [0, 0.05) is 30.5 Å². The lowest BCUT2D eigenvalue weighted by atomic mass is 10.0. The highest BCUT2D eigenvalue weighted by Crippen LogP contribution is 2.25. The van der Waals surface area contributed by atoms with Crippen LogP contribution in [0, 0.1) is 5.92 Å². The monoisotopic (exact) mass is 332 g/mol. The molecule has 0 spiro atoms. The second kappa shape index (κ2) is 7.69. The molecule has 0 radical (unpaired) electrons. The lowest BCUT2D eigenvalue weighted by Gasteiger charge is -2.17. The molecule has 5 nitrogen and oxygen atoms in total. The van der Waals surface area contributed by atoms with Crippen molar-refractivity contribution in [2.75, 3.05) is 19.7 Å². The van der Waals surface area contributed by atoms with Gasteiger partial charge < -0.3 is 10.1 Å². The Bertz CT molecular complexity index is 542. The molecule has 0 saturated carbocycles. The molecule has 7 heteroatoms. The summed E-state index contributed by atoms with van der Waals surface area (Å²) >= 11 is 1.47. The maximum atomic E-state index is 12.5. The average Bonchev–Trinajstić information content (AvgIpc) is 3.11. The van der Waals surface area contributed by atoms with Gasteiger partial charge in [-0.15, -0.1) is 11.3 Å². The molecule has 1 aliphatic heterocycles. The van der Waals surface area contributed by atoms with Crippen LogP contribution in [0.3, 0.4) is 0 Å². The van der Waals surface area contributed by atoms with Gasteiger partial charge in [0.15, 0.2) is 0 Å². The predicted octanol–water partition coefficient (Wildman–Crippen LogP) is 1.95. The van der Waals surface area contributed by atoms with Crippen LogP contribution in [0.5, 0.6) is 0 Å². The van der Waals surface area contributed by atoms with Crippen molar-refractivity contribution in [1.82, 2.24) is 10.0 Å². The largest absolute Gasteiger partial charge is 0.378 e. The highest BCUT2D eigenvalue weighted by molar-refractivity contribution is 7.89. The normalized spacial score (nSPS) is 22.8. The highest BCUT2D eigenvalue weighted by atomic mass is 32.2. The lowest BCUT2D eigenvalue weighted by molar-refractivity contribution is 0.0884. The summed E-state index contributed by atoms with van der Waals surface area (Å²) < 4.78 is 33.3. The highest BCUT2D eigenvalue weighted by Gasteiger charge is 2.28. The van der Waals surface area contributed by atoms with E-state index >= 15 is 0 Å². The third-order valence-electron chi connectivity index (χ3n) is 3.81. The van der Waals surface area contributed by atoms with E-state index in [2.05, 4.69) is 17.0 Å². The maximum absolute atomic E-state index is 12.5. The molecule has 21 heavy (non-hydrogen) atoms. The first-order chi connectivity index (χ1) is 10.1. The minimum atomic E-state index is -3.43. The van der Waals surface area contributed by atoms with Gasteiger partial charge in [-0.1, -0.05) is 13.8 Å². The fraction of sp³-hybridized carbons (Fsp3) is 0.714. The van der Waals surface area contributed by atoms with E-state index in [4.69, 9.17) is 4.74 Å². The van der Waals surface area contributed by atoms with Gasteiger partial charge in [0.2, 0.25) is 10.0 Å². The van der Waals surface area contributed by atoms with Crippen molar-refractivity contribution in [3.05, 3.63) is 16.3 Å². The predicted molar refractivity (Wildman–Crippen MR) is 85.0 cm³/mol. The molecule has 1 aromatic heterocycles. The first kappa shape index (κ1) is 16.9. The van der Waals surface area contributed by atoms with Crippen molar-refractivity contribution >= 4 is 21.4 Å². The average molecular weight is 332 g/mol. The van der Waals surface area contributed by atoms with Crippen LogP contribution in [0.15, 0.2) is 16.3 Å². The van der Waals surface area contributed by atoms with E-state index in [9.17, 15) is 8.42 Å². The molecule has 1 fully saturated rings. The minimum absolute atomic E-state index is 0.177. The molecule has 1 saturated heterocycles. The van der Waals surface area contributed by atoms with Gasteiger partial charge >= 0.3 is 0 Å². The van der Waals surface area contributed by atoms with Gasteiger partial charge in [-0.2, -0.15) is 0 Å². The minimum Gasteiger partial charge on any atom is -0.378 e. The van der Waals surface area contributed by atoms with Crippen molar-refractivity contribution < 1.29 is 13.2 Å². The van der Waals surface area contributed by atoms with Crippen LogP contribution in [0.4, 0.5) is 0 Å². The second-order valence-electron chi connectivity index (χ2n) is 5.21. The van der Waals surface area contributed by atoms with E-state index in [-0.39, 0.29) is 12.0 Å². The van der Waals surface area contributed by atoms with Crippen LogP contribution in [0.25, 0.3) is 0 Å². The topological polar surface area (TPSA) is 67.4 Å². The van der Waals surface area contributed by atoms with Gasteiger partial charge in [0.05, 0.1) is 11.0 Å². The molecule has 2 unspecified atom stereocenters. The number of ether oxygens (including phenoxy) is 1. The quantitative estimate of drug-likeness (QED) is 0.763. The number of nitrogens with one attached hydrogen (secondary N) is 2. The fourth-order valence-corrected chi connectivity index (χ4v) is 5.11. The summed E-state index contributed by atoms with van der Waals surface area (Å²) in [4.78, 5) is 1.26. The Kier molecular flexibility index (Phi) is 6.19. The van der Waals surface area contributed by atoms with Crippen molar-refractivity contribution in [2.24, 2.45) is 5.92 Å². The van der Waals surface area contributed by atoms with Gasteiger partial charge in [0.25, 0.3) is 0 Å². The Hall–Kier alpha value is -0.470. The molecule has 0 bridgehead atoms. The first-order valence-electron chi connectivity index (χ1n) is 7.46. The molecule has 2 rings (SSSR count).